The lowest BCUT2D eigenvalue weighted by atomic mass is 10.3. The van der Waals surface area contributed by atoms with Gasteiger partial charge in [-0.2, -0.15) is 0 Å². The maximum absolute atomic E-state index is 11.3. The summed E-state index contributed by atoms with van der Waals surface area (Å²) >= 11 is 6.96. The molecule has 0 aliphatic heterocycles. The number of ether oxygens (including phenoxy) is 1. The highest BCUT2D eigenvalue weighted by Crippen LogP contribution is 2.25. The van der Waals surface area contributed by atoms with E-state index in [0.29, 0.717) is 9.34 Å². The van der Waals surface area contributed by atoms with E-state index in [2.05, 4.69) is 10.1 Å². The SMILES string of the molecule is COC(=O)CCC(=O)Nc1ccc(Cl)s1. The van der Waals surface area contributed by atoms with Crippen molar-refractivity contribution in [3.8, 4) is 0 Å². The molecule has 0 bridgehead atoms. The largest absolute Gasteiger partial charge is 0.469 e. The molecule has 1 rings (SSSR count). The molecule has 0 aliphatic carbocycles. The molecule has 0 radical (unpaired) electrons. The molecule has 0 saturated carbocycles. The van der Waals surface area contributed by atoms with Crippen molar-refractivity contribution >= 4 is 39.8 Å². The van der Waals surface area contributed by atoms with E-state index in [1.54, 1.807) is 12.1 Å². The molecule has 0 aromatic carbocycles. The molecule has 0 spiro atoms. The smallest absolute Gasteiger partial charge is 0.306 e. The van der Waals surface area contributed by atoms with Crippen LogP contribution in [0, 0.1) is 0 Å². The summed E-state index contributed by atoms with van der Waals surface area (Å²) in [6, 6.07) is 3.41. The zero-order valence-electron chi connectivity index (χ0n) is 8.08. The number of halogens is 1. The van der Waals surface area contributed by atoms with Crippen molar-refractivity contribution < 1.29 is 14.3 Å². The molecule has 0 unspecified atom stereocenters. The molecule has 6 heteroatoms. The third kappa shape index (κ3) is 4.31. The Morgan fingerprint density at radius 1 is 1.47 bits per heavy atom. The fraction of sp³-hybridized carbons (Fsp3) is 0.333. The third-order valence-corrected chi connectivity index (χ3v) is 2.77. The second-order valence-electron chi connectivity index (χ2n) is 2.73. The van der Waals surface area contributed by atoms with Crippen molar-refractivity contribution in [3.63, 3.8) is 0 Å². The van der Waals surface area contributed by atoms with Gasteiger partial charge in [-0.3, -0.25) is 9.59 Å². The summed E-state index contributed by atoms with van der Waals surface area (Å²) < 4.78 is 5.03. The first-order valence-corrected chi connectivity index (χ1v) is 5.43. The fourth-order valence-corrected chi connectivity index (χ4v) is 1.86. The minimum Gasteiger partial charge on any atom is -0.469 e. The van der Waals surface area contributed by atoms with Crippen molar-refractivity contribution in [2.75, 3.05) is 12.4 Å². The highest BCUT2D eigenvalue weighted by Gasteiger charge is 2.07. The number of esters is 1. The summed E-state index contributed by atoms with van der Waals surface area (Å²) in [6.07, 6.45) is 0.198. The number of anilines is 1. The van der Waals surface area contributed by atoms with Gasteiger partial charge in [0, 0.05) is 6.42 Å². The van der Waals surface area contributed by atoms with Gasteiger partial charge in [0.15, 0.2) is 0 Å². The van der Waals surface area contributed by atoms with Crippen LogP contribution in [0.4, 0.5) is 5.00 Å². The highest BCUT2D eigenvalue weighted by atomic mass is 35.5. The van der Waals surface area contributed by atoms with E-state index in [4.69, 9.17) is 11.6 Å². The van der Waals surface area contributed by atoms with Crippen LogP contribution in [0.3, 0.4) is 0 Å². The lowest BCUT2D eigenvalue weighted by molar-refractivity contribution is -0.141. The van der Waals surface area contributed by atoms with Crippen LogP contribution in [0.1, 0.15) is 12.8 Å². The zero-order chi connectivity index (χ0) is 11.3. The lowest BCUT2D eigenvalue weighted by Crippen LogP contribution is -2.13. The highest BCUT2D eigenvalue weighted by molar-refractivity contribution is 7.20. The second-order valence-corrected chi connectivity index (χ2v) is 4.44. The Labute approximate surface area is 96.2 Å². The molecule has 0 atom stereocenters. The van der Waals surface area contributed by atoms with Gasteiger partial charge in [0.05, 0.1) is 22.9 Å². The molecule has 1 N–H and O–H groups in total. The topological polar surface area (TPSA) is 55.4 Å². The standard InChI is InChI=1S/C9H10ClNO3S/c1-14-9(13)5-3-7(12)11-8-4-2-6(10)15-8/h2,4H,3,5H2,1H3,(H,11,12). The van der Waals surface area contributed by atoms with Crippen molar-refractivity contribution in [2.24, 2.45) is 0 Å². The molecule has 82 valence electrons. The first-order valence-electron chi connectivity index (χ1n) is 4.24. The number of carbonyl (C=O) groups excluding carboxylic acids is 2. The Morgan fingerprint density at radius 3 is 2.73 bits per heavy atom. The van der Waals surface area contributed by atoms with E-state index in [-0.39, 0.29) is 18.7 Å². The van der Waals surface area contributed by atoms with E-state index in [1.165, 1.54) is 18.4 Å². The first kappa shape index (κ1) is 12.0. The molecule has 1 aromatic heterocycles. The van der Waals surface area contributed by atoms with Crippen LogP contribution in [0.5, 0.6) is 0 Å². The molecule has 1 aromatic rings. The minimum atomic E-state index is -0.394. The Balaban J connectivity index is 2.33. The van der Waals surface area contributed by atoms with Gasteiger partial charge in [0.25, 0.3) is 0 Å². The summed E-state index contributed by atoms with van der Waals surface area (Å²) in [5.74, 6) is -0.617. The van der Waals surface area contributed by atoms with Gasteiger partial charge in [-0.05, 0) is 12.1 Å². The van der Waals surface area contributed by atoms with E-state index in [0.717, 1.165) is 0 Å². The van der Waals surface area contributed by atoms with Crippen molar-refractivity contribution in [3.05, 3.63) is 16.5 Å². The number of hydrogen-bond acceptors (Lipinski definition) is 4. The average Bonchev–Trinajstić information content (AvgIpc) is 2.60. The molecule has 0 aliphatic rings. The number of hydrogen-bond donors (Lipinski definition) is 1. The Morgan fingerprint density at radius 2 is 2.20 bits per heavy atom. The van der Waals surface area contributed by atoms with Gasteiger partial charge in [-0.15, -0.1) is 11.3 Å². The van der Waals surface area contributed by atoms with Gasteiger partial charge in [0.1, 0.15) is 0 Å². The molecular formula is C9H10ClNO3S. The van der Waals surface area contributed by atoms with Gasteiger partial charge in [-0.25, -0.2) is 0 Å². The van der Waals surface area contributed by atoms with E-state index < -0.39 is 5.97 Å². The van der Waals surface area contributed by atoms with Crippen molar-refractivity contribution in [2.45, 2.75) is 12.8 Å². The minimum absolute atomic E-state index is 0.0848. The summed E-state index contributed by atoms with van der Waals surface area (Å²) in [4.78, 5) is 22.0. The summed E-state index contributed by atoms with van der Waals surface area (Å²) in [5.41, 5.74) is 0. The molecular weight excluding hydrogens is 238 g/mol. The number of thiophene rings is 1. The van der Waals surface area contributed by atoms with Crippen LogP contribution >= 0.6 is 22.9 Å². The zero-order valence-corrected chi connectivity index (χ0v) is 9.65. The van der Waals surface area contributed by atoms with Crippen LogP contribution in [-0.4, -0.2) is 19.0 Å². The molecule has 0 fully saturated rings. The maximum Gasteiger partial charge on any atom is 0.306 e. The van der Waals surface area contributed by atoms with Gasteiger partial charge >= 0.3 is 5.97 Å². The summed E-state index contributed by atoms with van der Waals surface area (Å²) in [6.45, 7) is 0. The predicted molar refractivity (Wildman–Crippen MR) is 59.2 cm³/mol. The van der Waals surface area contributed by atoms with Gasteiger partial charge in [-0.1, -0.05) is 11.6 Å². The Hall–Kier alpha value is -1.07. The van der Waals surface area contributed by atoms with Gasteiger partial charge in [0.2, 0.25) is 5.91 Å². The summed E-state index contributed by atoms with van der Waals surface area (Å²) in [7, 11) is 1.29. The lowest BCUT2D eigenvalue weighted by Gasteiger charge is -2.01. The number of methoxy groups -OCH3 is 1. The van der Waals surface area contributed by atoms with Crippen LogP contribution in [-0.2, 0) is 14.3 Å². The monoisotopic (exact) mass is 247 g/mol. The molecule has 4 nitrogen and oxygen atoms in total. The maximum atomic E-state index is 11.3. The second kappa shape index (κ2) is 5.72. The Kier molecular flexibility index (Phi) is 4.58. The predicted octanol–water partition coefficient (Wildman–Crippen LogP) is 2.29. The van der Waals surface area contributed by atoms with Crippen molar-refractivity contribution in [1.82, 2.24) is 0 Å². The van der Waals surface area contributed by atoms with E-state index >= 15 is 0 Å². The number of amides is 1. The first-order chi connectivity index (χ1) is 7.11. The van der Waals surface area contributed by atoms with Crippen LogP contribution in [0.2, 0.25) is 4.34 Å². The Bertz CT molecular complexity index is 364. The van der Waals surface area contributed by atoms with E-state index in [9.17, 15) is 9.59 Å². The number of carbonyl (C=O) groups is 2. The molecule has 1 amide bonds. The van der Waals surface area contributed by atoms with Crippen LogP contribution < -0.4 is 5.32 Å². The van der Waals surface area contributed by atoms with Crippen molar-refractivity contribution in [1.29, 1.82) is 0 Å². The fourth-order valence-electron chi connectivity index (χ4n) is 0.899. The quantitative estimate of drug-likeness (QED) is 0.831. The molecule has 0 saturated heterocycles. The molecule has 1 heterocycles. The number of rotatable bonds is 4. The number of nitrogens with one attached hydrogen (secondary N) is 1. The molecule has 15 heavy (non-hydrogen) atoms. The average molecular weight is 248 g/mol. The normalized spacial score (nSPS) is 9.73. The van der Waals surface area contributed by atoms with E-state index in [1.807, 2.05) is 0 Å². The third-order valence-electron chi connectivity index (χ3n) is 1.62. The summed E-state index contributed by atoms with van der Waals surface area (Å²) in [5, 5.41) is 3.31. The van der Waals surface area contributed by atoms with Gasteiger partial charge < -0.3 is 10.1 Å². The van der Waals surface area contributed by atoms with Crippen LogP contribution in [0.15, 0.2) is 12.1 Å². The van der Waals surface area contributed by atoms with Crippen LogP contribution in [0.25, 0.3) is 0 Å².